The summed E-state index contributed by atoms with van der Waals surface area (Å²) in [6.07, 6.45) is 9.38. The monoisotopic (exact) mass is 560 g/mol. The van der Waals surface area contributed by atoms with Crippen molar-refractivity contribution in [2.75, 3.05) is 11.9 Å². The summed E-state index contributed by atoms with van der Waals surface area (Å²) < 4.78 is 7.62. The Hall–Kier alpha value is -4.02. The second-order valence-corrected chi connectivity index (χ2v) is 10.3. The van der Waals surface area contributed by atoms with Crippen molar-refractivity contribution in [1.82, 2.24) is 19.5 Å². The number of rotatable bonds is 5. The lowest BCUT2D eigenvalue weighted by Crippen LogP contribution is -2.37. The highest BCUT2D eigenvalue weighted by atomic mass is 35.5. The molecule has 0 radical (unpaired) electrons. The third kappa shape index (κ3) is 5.78. The third-order valence-corrected chi connectivity index (χ3v) is 7.17. The van der Waals surface area contributed by atoms with E-state index < -0.39 is 0 Å². The minimum Gasteiger partial charge on any atom is -0.456 e. The van der Waals surface area contributed by atoms with Gasteiger partial charge in [0.05, 0.1) is 16.8 Å². The van der Waals surface area contributed by atoms with Gasteiger partial charge in [-0.05, 0) is 44.0 Å². The normalized spacial score (nSPS) is 23.4. The standard InChI is InChI=1S/C26H25ClN8O2.C3H8/c1-3-21-25(32-15(2)34-12-16-8-18(34)10-22(16)36)26(30-13-28-21)33-17-4-5-23(20(27)9-17)37-19-6-7-35-24(11-19)29-14-31-35;1-3-2/h3-7,9,11,13-14,16,18,22,36H,2,8,10,12H2,1H3,(H,28,30,33);3H2,1-2H3/b21-3+,32-25+;. The minimum absolute atomic E-state index is 0.229. The number of aromatic nitrogens is 3. The number of nitrogens with zero attached hydrogens (tertiary/aromatic N) is 7. The SMILES string of the molecule is C=C(/N=C1/C(Nc2ccc(Oc3ccn4ncnc4c3)c(Cl)c2)=NC=N/C1=C/C)N1CC2CC1CC2O.CCC. The van der Waals surface area contributed by atoms with Crippen LogP contribution in [-0.2, 0) is 0 Å². The fourth-order valence-corrected chi connectivity index (χ4v) is 5.25. The fourth-order valence-electron chi connectivity index (χ4n) is 5.03. The topological polar surface area (TPSA) is 112 Å². The second-order valence-electron chi connectivity index (χ2n) is 9.88. The Kier molecular flexibility index (Phi) is 8.27. The van der Waals surface area contributed by atoms with E-state index in [1.54, 1.807) is 35.0 Å². The van der Waals surface area contributed by atoms with E-state index >= 15 is 0 Å². The molecule has 3 atom stereocenters. The number of nitrogens with one attached hydrogen (secondary N) is 1. The van der Waals surface area contributed by atoms with E-state index in [0.29, 0.717) is 45.2 Å². The zero-order valence-electron chi connectivity index (χ0n) is 22.8. The largest absolute Gasteiger partial charge is 0.456 e. The molecule has 1 aliphatic carbocycles. The molecule has 2 aromatic heterocycles. The van der Waals surface area contributed by atoms with Gasteiger partial charge in [-0.2, -0.15) is 5.10 Å². The first-order chi connectivity index (χ1) is 19.4. The highest BCUT2D eigenvalue weighted by molar-refractivity contribution is 6.53. The smallest absolute Gasteiger partial charge is 0.160 e. The molecule has 2 N–H and O–H groups in total. The van der Waals surface area contributed by atoms with E-state index in [2.05, 4.69) is 50.7 Å². The first-order valence-corrected chi connectivity index (χ1v) is 13.8. The molecule has 0 spiro atoms. The van der Waals surface area contributed by atoms with Crippen molar-refractivity contribution in [3.8, 4) is 11.5 Å². The average molecular weight is 561 g/mol. The molecule has 40 heavy (non-hydrogen) atoms. The molecule has 2 aliphatic heterocycles. The van der Waals surface area contributed by atoms with Gasteiger partial charge in [-0.25, -0.2) is 24.5 Å². The van der Waals surface area contributed by atoms with Gasteiger partial charge >= 0.3 is 0 Å². The number of amidine groups is 1. The Morgan fingerprint density at radius 1 is 1.27 bits per heavy atom. The molecule has 0 amide bonds. The summed E-state index contributed by atoms with van der Waals surface area (Å²) >= 11 is 6.56. The van der Waals surface area contributed by atoms with Crippen LogP contribution >= 0.6 is 11.6 Å². The van der Waals surface area contributed by atoms with Crippen molar-refractivity contribution in [1.29, 1.82) is 0 Å². The molecule has 1 saturated carbocycles. The maximum Gasteiger partial charge on any atom is 0.160 e. The lowest BCUT2D eigenvalue weighted by atomic mass is 10.1. The molecule has 2 bridgehead atoms. The molecule has 1 aromatic carbocycles. The van der Waals surface area contributed by atoms with Gasteiger partial charge in [0.2, 0.25) is 0 Å². The van der Waals surface area contributed by atoms with Gasteiger partial charge in [-0.1, -0.05) is 44.5 Å². The number of aliphatic hydroxyl groups excluding tert-OH is 1. The maximum absolute atomic E-state index is 10.1. The van der Waals surface area contributed by atoms with Crippen molar-refractivity contribution in [2.24, 2.45) is 20.9 Å². The Balaban J connectivity index is 0.00000103. The van der Waals surface area contributed by atoms with Gasteiger partial charge in [0.1, 0.15) is 35.7 Å². The van der Waals surface area contributed by atoms with Crippen LogP contribution in [0.2, 0.25) is 5.02 Å². The molecule has 3 unspecified atom stereocenters. The number of pyridine rings is 1. The number of halogens is 1. The number of aliphatic hydroxyl groups is 1. The van der Waals surface area contributed by atoms with Crippen LogP contribution in [0.25, 0.3) is 5.65 Å². The van der Waals surface area contributed by atoms with E-state index in [9.17, 15) is 5.11 Å². The Morgan fingerprint density at radius 3 is 2.80 bits per heavy atom. The zero-order valence-corrected chi connectivity index (χ0v) is 23.6. The van der Waals surface area contributed by atoms with Crippen LogP contribution in [0.1, 0.15) is 40.0 Å². The van der Waals surface area contributed by atoms with E-state index in [1.165, 1.54) is 19.1 Å². The summed E-state index contributed by atoms with van der Waals surface area (Å²) in [5, 5.41) is 17.9. The number of hydrogen-bond donors (Lipinski definition) is 2. The molecule has 2 fully saturated rings. The number of likely N-dealkylation sites (tertiary alicyclic amines) is 1. The fraction of sp³-hybridized carbons (Fsp3) is 0.345. The summed E-state index contributed by atoms with van der Waals surface area (Å²) in [6.45, 7) is 11.1. The number of aliphatic imine (C=N–C) groups is 3. The Labute approximate surface area is 238 Å². The van der Waals surface area contributed by atoms with Crippen molar-refractivity contribution < 1.29 is 9.84 Å². The molecule has 11 heteroatoms. The Morgan fingerprint density at radius 2 is 2.10 bits per heavy atom. The summed E-state index contributed by atoms with van der Waals surface area (Å²) in [5.41, 5.74) is 2.68. The third-order valence-electron chi connectivity index (χ3n) is 6.88. The highest BCUT2D eigenvalue weighted by Gasteiger charge is 2.44. The quantitative estimate of drug-likeness (QED) is 0.413. The van der Waals surface area contributed by atoms with Crippen LogP contribution in [0.15, 0.2) is 82.0 Å². The minimum atomic E-state index is -0.229. The maximum atomic E-state index is 10.1. The van der Waals surface area contributed by atoms with Crippen LogP contribution in [-0.4, -0.2) is 61.2 Å². The molecular formula is C29H33ClN8O2. The van der Waals surface area contributed by atoms with Crippen molar-refractivity contribution in [3.63, 3.8) is 0 Å². The number of ether oxygens (including phenoxy) is 1. The van der Waals surface area contributed by atoms with Crippen molar-refractivity contribution in [2.45, 2.75) is 52.2 Å². The first kappa shape index (κ1) is 27.5. The number of benzene rings is 1. The van der Waals surface area contributed by atoms with Gasteiger partial charge in [-0.3, -0.25) is 0 Å². The number of hydrogen-bond acceptors (Lipinski definition) is 9. The number of piperidine rings is 1. The Bertz CT molecular complexity index is 1520. The first-order valence-electron chi connectivity index (χ1n) is 13.4. The molecule has 10 nitrogen and oxygen atoms in total. The summed E-state index contributed by atoms with van der Waals surface area (Å²) in [6, 6.07) is 9.25. The average Bonchev–Trinajstić information content (AvgIpc) is 3.67. The van der Waals surface area contributed by atoms with Gasteiger partial charge < -0.3 is 20.1 Å². The molecule has 208 valence electrons. The van der Waals surface area contributed by atoms with Gasteiger partial charge in [0, 0.05) is 36.5 Å². The van der Waals surface area contributed by atoms with Gasteiger partial charge in [0.15, 0.2) is 11.5 Å². The van der Waals surface area contributed by atoms with Gasteiger partial charge in [0.25, 0.3) is 0 Å². The molecule has 4 heterocycles. The lowest BCUT2D eigenvalue weighted by molar-refractivity contribution is 0.0871. The van der Waals surface area contributed by atoms with Gasteiger partial charge in [-0.15, -0.1) is 0 Å². The molecule has 3 aromatic rings. The van der Waals surface area contributed by atoms with Crippen LogP contribution in [0.4, 0.5) is 5.69 Å². The number of fused-ring (bicyclic) bond motifs is 3. The van der Waals surface area contributed by atoms with E-state index in [-0.39, 0.29) is 18.1 Å². The predicted octanol–water partition coefficient (Wildman–Crippen LogP) is 5.71. The highest BCUT2D eigenvalue weighted by Crippen LogP contribution is 2.40. The molecule has 6 rings (SSSR count). The summed E-state index contributed by atoms with van der Waals surface area (Å²) in [4.78, 5) is 20.0. The van der Waals surface area contributed by atoms with E-state index in [1.807, 2.05) is 19.1 Å². The van der Waals surface area contributed by atoms with E-state index in [4.69, 9.17) is 21.3 Å². The molecule has 1 saturated heterocycles. The number of allylic oxidation sites excluding steroid dienone is 1. The van der Waals surface area contributed by atoms with Crippen molar-refractivity contribution >= 4 is 40.8 Å². The lowest BCUT2D eigenvalue weighted by Gasteiger charge is -2.31. The van der Waals surface area contributed by atoms with Crippen LogP contribution < -0.4 is 10.1 Å². The number of anilines is 1. The predicted molar refractivity (Wildman–Crippen MR) is 160 cm³/mol. The molecule has 3 aliphatic rings. The van der Waals surface area contributed by atoms with Crippen LogP contribution in [0.5, 0.6) is 11.5 Å². The summed E-state index contributed by atoms with van der Waals surface area (Å²) in [5.74, 6) is 2.57. The van der Waals surface area contributed by atoms with Crippen LogP contribution in [0, 0.1) is 5.92 Å². The molecular weight excluding hydrogens is 528 g/mol. The zero-order chi connectivity index (χ0) is 28.2. The summed E-state index contributed by atoms with van der Waals surface area (Å²) in [7, 11) is 0. The van der Waals surface area contributed by atoms with Crippen molar-refractivity contribution in [3.05, 3.63) is 72.1 Å². The second kappa shape index (κ2) is 12.0. The van der Waals surface area contributed by atoms with E-state index in [0.717, 1.165) is 25.1 Å². The van der Waals surface area contributed by atoms with Crippen LogP contribution in [0.3, 0.4) is 0 Å².